The predicted octanol–water partition coefficient (Wildman–Crippen LogP) is 3.73. The molecule has 4 aliphatic rings. The van der Waals surface area contributed by atoms with Crippen molar-refractivity contribution < 1.29 is 27.5 Å². The van der Waals surface area contributed by atoms with Gasteiger partial charge in [0.05, 0.1) is 7.11 Å². The van der Waals surface area contributed by atoms with Crippen LogP contribution in [0.1, 0.15) is 61.4 Å². The van der Waals surface area contributed by atoms with Crippen molar-refractivity contribution in [3.63, 3.8) is 0 Å². The molecule has 0 aromatic heterocycles. The van der Waals surface area contributed by atoms with E-state index in [1.807, 2.05) is 26.0 Å². The molecule has 4 bridgehead atoms. The third-order valence-electron chi connectivity index (χ3n) is 8.82. The summed E-state index contributed by atoms with van der Waals surface area (Å²) in [6.07, 6.45) is 7.02. The first kappa shape index (κ1) is 27.5. The summed E-state index contributed by atoms with van der Waals surface area (Å²) < 4.78 is 41.0. The van der Waals surface area contributed by atoms with Crippen LogP contribution in [0.4, 0.5) is 0 Å². The van der Waals surface area contributed by atoms with Gasteiger partial charge in [0.2, 0.25) is 10.0 Å². The molecule has 0 unspecified atom stereocenters. The second-order valence-electron chi connectivity index (χ2n) is 11.5. The second kappa shape index (κ2) is 10.8. The minimum Gasteiger partial charge on any atom is -0.495 e. The molecule has 3 N–H and O–H groups in total. The van der Waals surface area contributed by atoms with Crippen molar-refractivity contribution in [3.05, 3.63) is 53.6 Å². The van der Waals surface area contributed by atoms with Gasteiger partial charge in [0.1, 0.15) is 16.4 Å². The number of benzene rings is 2. The lowest BCUT2D eigenvalue weighted by Crippen LogP contribution is -2.55. The molecule has 0 saturated heterocycles. The number of hydrazine groups is 1. The van der Waals surface area contributed by atoms with Gasteiger partial charge in [-0.25, -0.2) is 13.1 Å². The molecule has 0 spiro atoms. The quantitative estimate of drug-likeness (QED) is 0.405. The highest BCUT2D eigenvalue weighted by Crippen LogP contribution is 2.61. The predicted molar refractivity (Wildman–Crippen MR) is 146 cm³/mol. The zero-order chi connectivity index (χ0) is 27.8. The van der Waals surface area contributed by atoms with Crippen LogP contribution in [-0.4, -0.2) is 40.0 Å². The monoisotopic (exact) mass is 555 g/mol. The number of hydrogen-bond acceptors (Lipinski definition) is 6. The van der Waals surface area contributed by atoms with Gasteiger partial charge in [0, 0.05) is 11.6 Å². The maximum absolute atomic E-state index is 13.6. The number of ether oxygens (including phenoxy) is 2. The molecule has 10 heteroatoms. The van der Waals surface area contributed by atoms with Crippen LogP contribution in [-0.2, 0) is 14.8 Å². The van der Waals surface area contributed by atoms with Gasteiger partial charge in [-0.15, -0.1) is 0 Å². The summed E-state index contributed by atoms with van der Waals surface area (Å²) in [4.78, 5) is 24.9. The number of para-hydroxylation sites is 1. The number of carbonyl (C=O) groups is 2. The maximum Gasteiger partial charge on any atom is 0.276 e. The van der Waals surface area contributed by atoms with E-state index < -0.39 is 21.8 Å². The number of aryl methyl sites for hydroxylation is 1. The van der Waals surface area contributed by atoms with Crippen LogP contribution in [0.3, 0.4) is 0 Å². The zero-order valence-electron chi connectivity index (χ0n) is 22.7. The van der Waals surface area contributed by atoms with Crippen molar-refractivity contribution in [2.24, 2.45) is 23.2 Å². The van der Waals surface area contributed by atoms with Crippen LogP contribution in [0.25, 0.3) is 0 Å². The molecular formula is C29H37N3O6S. The van der Waals surface area contributed by atoms with E-state index in [1.165, 1.54) is 44.6 Å². The molecule has 39 heavy (non-hydrogen) atoms. The molecule has 4 saturated carbocycles. The summed E-state index contributed by atoms with van der Waals surface area (Å²) in [6, 6.07) is 11.2. The Morgan fingerprint density at radius 1 is 0.974 bits per heavy atom. The summed E-state index contributed by atoms with van der Waals surface area (Å²) in [7, 11) is -2.59. The molecule has 6 rings (SSSR count). The lowest BCUT2D eigenvalue weighted by atomic mass is 9.48. The highest BCUT2D eigenvalue weighted by Gasteiger charge is 2.53. The smallest absolute Gasteiger partial charge is 0.276 e. The van der Waals surface area contributed by atoms with Gasteiger partial charge in [-0.2, -0.15) is 0 Å². The summed E-state index contributed by atoms with van der Waals surface area (Å²) >= 11 is 0. The van der Waals surface area contributed by atoms with Crippen LogP contribution in [0.2, 0.25) is 0 Å². The molecule has 0 radical (unpaired) electrons. The molecule has 0 heterocycles. The molecule has 2 aromatic rings. The summed E-state index contributed by atoms with van der Waals surface area (Å²) in [6.45, 7) is 3.55. The summed E-state index contributed by atoms with van der Waals surface area (Å²) in [5.41, 5.74) is 5.56. The Kier molecular flexibility index (Phi) is 7.61. The zero-order valence-corrected chi connectivity index (χ0v) is 23.5. The summed E-state index contributed by atoms with van der Waals surface area (Å²) in [5.74, 6) is 1.59. The summed E-state index contributed by atoms with van der Waals surface area (Å²) in [5, 5.41) is 0. The fraction of sp³-hybridized carbons (Fsp3) is 0.517. The fourth-order valence-electron chi connectivity index (χ4n) is 7.25. The molecule has 4 fully saturated rings. The number of sulfonamides is 1. The van der Waals surface area contributed by atoms with Crippen molar-refractivity contribution in [3.8, 4) is 11.5 Å². The maximum atomic E-state index is 13.6. The lowest BCUT2D eigenvalue weighted by molar-refractivity contribution is -0.123. The largest absolute Gasteiger partial charge is 0.495 e. The van der Waals surface area contributed by atoms with Gasteiger partial charge in [-0.3, -0.25) is 20.4 Å². The van der Waals surface area contributed by atoms with Gasteiger partial charge in [-0.1, -0.05) is 18.2 Å². The molecule has 2 amide bonds. The number of methoxy groups -OCH3 is 1. The molecule has 1 atom stereocenters. The van der Waals surface area contributed by atoms with Gasteiger partial charge >= 0.3 is 0 Å². The van der Waals surface area contributed by atoms with E-state index >= 15 is 0 Å². The number of hydrogen-bond donors (Lipinski definition) is 3. The van der Waals surface area contributed by atoms with Gasteiger partial charge in [0.25, 0.3) is 11.8 Å². The Morgan fingerprint density at radius 2 is 1.62 bits per heavy atom. The Labute approximate surface area is 230 Å². The van der Waals surface area contributed by atoms with Gasteiger partial charge in [-0.05, 0) is 105 Å². The van der Waals surface area contributed by atoms with Crippen LogP contribution in [0.5, 0.6) is 11.5 Å². The van der Waals surface area contributed by atoms with E-state index in [2.05, 4.69) is 15.6 Å². The molecule has 210 valence electrons. The third-order valence-corrected chi connectivity index (χ3v) is 10.4. The van der Waals surface area contributed by atoms with Gasteiger partial charge in [0.15, 0.2) is 6.61 Å². The first-order chi connectivity index (χ1) is 18.6. The van der Waals surface area contributed by atoms with Crippen LogP contribution >= 0.6 is 0 Å². The average Bonchev–Trinajstić information content (AvgIpc) is 2.90. The number of rotatable bonds is 9. The minimum atomic E-state index is -3.99. The van der Waals surface area contributed by atoms with E-state index in [0.29, 0.717) is 23.5 Å². The van der Waals surface area contributed by atoms with Crippen LogP contribution in [0, 0.1) is 30.1 Å². The van der Waals surface area contributed by atoms with Crippen LogP contribution in [0.15, 0.2) is 47.4 Å². The number of amides is 2. The van der Waals surface area contributed by atoms with Crippen molar-refractivity contribution in [1.29, 1.82) is 0 Å². The van der Waals surface area contributed by atoms with Crippen molar-refractivity contribution in [2.45, 2.75) is 63.3 Å². The van der Waals surface area contributed by atoms with E-state index in [4.69, 9.17) is 9.47 Å². The fourth-order valence-corrected chi connectivity index (χ4v) is 8.79. The van der Waals surface area contributed by atoms with E-state index in [9.17, 15) is 18.0 Å². The van der Waals surface area contributed by atoms with Gasteiger partial charge < -0.3 is 9.47 Å². The minimum absolute atomic E-state index is 0.0192. The van der Waals surface area contributed by atoms with Crippen molar-refractivity contribution in [1.82, 2.24) is 15.6 Å². The van der Waals surface area contributed by atoms with E-state index in [1.54, 1.807) is 12.1 Å². The SMILES string of the molecule is COc1ccc(C(=O)NNC(=O)COc2ccccc2C)cc1S(=O)(=O)N[C@H](C)C12CC3CC(CC(C3)C1)C2. The normalized spacial score (nSPS) is 26.1. The Bertz CT molecular complexity index is 1320. The first-order valence-electron chi connectivity index (χ1n) is 13.6. The van der Waals surface area contributed by atoms with Crippen LogP contribution < -0.4 is 25.0 Å². The molecule has 0 aliphatic heterocycles. The Balaban J connectivity index is 1.24. The number of nitrogens with one attached hydrogen (secondary N) is 3. The topological polar surface area (TPSA) is 123 Å². The Hall–Kier alpha value is -3.11. The first-order valence-corrected chi connectivity index (χ1v) is 15.0. The molecule has 2 aromatic carbocycles. The van der Waals surface area contributed by atoms with E-state index in [-0.39, 0.29) is 34.3 Å². The third kappa shape index (κ3) is 5.77. The molecular weight excluding hydrogens is 518 g/mol. The standard InChI is InChI=1S/C29H37N3O6S/c1-18-6-4-5-7-24(18)38-17-27(33)30-31-28(34)23-8-9-25(37-3)26(13-23)39(35,36)32-19(2)29-14-20-10-21(15-29)12-22(11-20)16-29/h4-9,13,19-22,32H,10-12,14-17H2,1-3H3,(H,30,33)(H,31,34)/t19-,20?,21?,22?,29?/m1/s1. The lowest BCUT2D eigenvalue weighted by Gasteiger charge is -2.59. The number of carbonyl (C=O) groups excluding carboxylic acids is 2. The highest BCUT2D eigenvalue weighted by molar-refractivity contribution is 7.89. The highest BCUT2D eigenvalue weighted by atomic mass is 32.2. The Morgan fingerprint density at radius 3 is 2.23 bits per heavy atom. The average molecular weight is 556 g/mol. The second-order valence-corrected chi connectivity index (χ2v) is 13.2. The van der Waals surface area contributed by atoms with E-state index in [0.717, 1.165) is 24.8 Å². The van der Waals surface area contributed by atoms with Crippen molar-refractivity contribution >= 4 is 21.8 Å². The van der Waals surface area contributed by atoms with Crippen molar-refractivity contribution in [2.75, 3.05) is 13.7 Å². The molecule has 9 nitrogen and oxygen atoms in total. The molecule has 4 aliphatic carbocycles.